The summed E-state index contributed by atoms with van der Waals surface area (Å²) in [5, 5.41) is 12.2. The molecule has 0 saturated carbocycles. The molecule has 0 saturated heterocycles. The van der Waals surface area contributed by atoms with Crippen LogP contribution in [0.4, 0.5) is 0 Å². The maximum atomic E-state index is 12.1. The first-order chi connectivity index (χ1) is 8.19. The highest BCUT2D eigenvalue weighted by Crippen LogP contribution is 2.24. The van der Waals surface area contributed by atoms with Gasteiger partial charge in [0.1, 0.15) is 0 Å². The zero-order chi connectivity index (χ0) is 14.3. The van der Waals surface area contributed by atoms with Crippen LogP contribution in [0.1, 0.15) is 47.5 Å². The first-order valence-electron chi connectivity index (χ1n) is 6.81. The number of aliphatic hydroxyl groups excluding tert-OH is 1. The molecule has 4 heteroatoms. The Bertz CT molecular complexity index is 247. The molecule has 2 atom stereocenters. The van der Waals surface area contributed by atoms with Crippen LogP contribution in [0.3, 0.4) is 0 Å². The van der Waals surface area contributed by atoms with Crippen LogP contribution in [0.25, 0.3) is 0 Å². The van der Waals surface area contributed by atoms with Gasteiger partial charge in [-0.15, -0.1) is 0 Å². The van der Waals surface area contributed by atoms with Crippen LogP contribution in [0, 0.1) is 17.3 Å². The van der Waals surface area contributed by atoms with E-state index in [-0.39, 0.29) is 29.9 Å². The van der Waals surface area contributed by atoms with Crippen LogP contribution >= 0.6 is 0 Å². The minimum Gasteiger partial charge on any atom is -0.394 e. The van der Waals surface area contributed by atoms with E-state index in [4.69, 9.17) is 5.73 Å². The van der Waals surface area contributed by atoms with Gasteiger partial charge in [-0.2, -0.15) is 0 Å². The number of aliphatic hydroxyl groups is 1. The molecule has 4 N–H and O–H groups in total. The standard InChI is InChI=1S/C14H30N2O2/c1-10(2)6-12(9-17)16-13(18)11(8-15)7-14(3,4)5/h10-12,17H,6-9,15H2,1-5H3,(H,16,18). The maximum Gasteiger partial charge on any atom is 0.224 e. The molecule has 108 valence electrons. The number of nitrogens with one attached hydrogen (secondary N) is 1. The van der Waals surface area contributed by atoms with Crippen molar-refractivity contribution in [3.05, 3.63) is 0 Å². The minimum atomic E-state index is -0.175. The molecular weight excluding hydrogens is 228 g/mol. The zero-order valence-electron chi connectivity index (χ0n) is 12.5. The van der Waals surface area contributed by atoms with Crippen molar-refractivity contribution >= 4 is 5.91 Å². The second-order valence-electron chi connectivity index (χ2n) is 6.72. The highest BCUT2D eigenvalue weighted by molar-refractivity contribution is 5.79. The monoisotopic (exact) mass is 258 g/mol. The van der Waals surface area contributed by atoms with Gasteiger partial charge in [0.15, 0.2) is 0 Å². The fourth-order valence-corrected chi connectivity index (χ4v) is 2.09. The highest BCUT2D eigenvalue weighted by atomic mass is 16.3. The molecule has 0 fully saturated rings. The van der Waals surface area contributed by atoms with Crippen molar-refractivity contribution in [3.63, 3.8) is 0 Å². The Labute approximate surface area is 111 Å². The van der Waals surface area contributed by atoms with E-state index < -0.39 is 0 Å². The molecule has 0 aromatic rings. The van der Waals surface area contributed by atoms with E-state index in [1.807, 2.05) is 0 Å². The molecule has 0 aromatic heterocycles. The van der Waals surface area contributed by atoms with Gasteiger partial charge in [-0.05, 0) is 24.2 Å². The Balaban J connectivity index is 4.41. The van der Waals surface area contributed by atoms with Crippen molar-refractivity contribution in [1.82, 2.24) is 5.32 Å². The van der Waals surface area contributed by atoms with Gasteiger partial charge in [0.05, 0.1) is 18.6 Å². The molecule has 0 aliphatic heterocycles. The van der Waals surface area contributed by atoms with Crippen molar-refractivity contribution in [3.8, 4) is 0 Å². The van der Waals surface area contributed by atoms with E-state index >= 15 is 0 Å². The van der Waals surface area contributed by atoms with E-state index in [2.05, 4.69) is 39.9 Å². The van der Waals surface area contributed by atoms with Crippen LogP contribution < -0.4 is 11.1 Å². The van der Waals surface area contributed by atoms with Gasteiger partial charge < -0.3 is 16.2 Å². The number of hydrogen-bond acceptors (Lipinski definition) is 3. The third-order valence-electron chi connectivity index (χ3n) is 2.84. The Morgan fingerprint density at radius 1 is 1.33 bits per heavy atom. The summed E-state index contributed by atoms with van der Waals surface area (Å²) in [5.41, 5.74) is 5.75. The zero-order valence-corrected chi connectivity index (χ0v) is 12.5. The minimum absolute atomic E-state index is 0.0171. The number of hydrogen-bond donors (Lipinski definition) is 3. The quantitative estimate of drug-likeness (QED) is 0.648. The lowest BCUT2D eigenvalue weighted by Crippen LogP contribution is -2.44. The van der Waals surface area contributed by atoms with Crippen LogP contribution in [-0.2, 0) is 4.79 Å². The molecule has 0 bridgehead atoms. The Morgan fingerprint density at radius 2 is 1.89 bits per heavy atom. The molecule has 0 aromatic carbocycles. The lowest BCUT2D eigenvalue weighted by atomic mass is 9.84. The first kappa shape index (κ1) is 17.4. The average Bonchev–Trinajstić information content (AvgIpc) is 2.22. The predicted molar refractivity (Wildman–Crippen MR) is 75.1 cm³/mol. The third kappa shape index (κ3) is 7.67. The number of rotatable bonds is 7. The van der Waals surface area contributed by atoms with Crippen molar-refractivity contribution in [1.29, 1.82) is 0 Å². The fourth-order valence-electron chi connectivity index (χ4n) is 2.09. The number of nitrogens with two attached hydrogens (primary N) is 1. The van der Waals surface area contributed by atoms with Gasteiger partial charge >= 0.3 is 0 Å². The fraction of sp³-hybridized carbons (Fsp3) is 0.929. The summed E-state index contributed by atoms with van der Waals surface area (Å²) < 4.78 is 0. The molecular formula is C14H30N2O2. The molecule has 1 amide bonds. The van der Waals surface area contributed by atoms with Gasteiger partial charge in [0.2, 0.25) is 5.91 Å². The summed E-state index contributed by atoms with van der Waals surface area (Å²) >= 11 is 0. The second-order valence-corrected chi connectivity index (χ2v) is 6.72. The van der Waals surface area contributed by atoms with Gasteiger partial charge in [0.25, 0.3) is 0 Å². The smallest absolute Gasteiger partial charge is 0.224 e. The second kappa shape index (κ2) is 7.74. The van der Waals surface area contributed by atoms with Gasteiger partial charge in [-0.3, -0.25) is 4.79 Å². The largest absolute Gasteiger partial charge is 0.394 e. The molecule has 0 rings (SSSR count). The Kier molecular flexibility index (Phi) is 7.48. The summed E-state index contributed by atoms with van der Waals surface area (Å²) in [6, 6.07) is -0.161. The van der Waals surface area contributed by atoms with Gasteiger partial charge in [-0.25, -0.2) is 0 Å². The normalized spacial score (nSPS) is 15.6. The molecule has 0 aliphatic carbocycles. The van der Waals surface area contributed by atoms with Crippen LogP contribution in [0.5, 0.6) is 0 Å². The lowest BCUT2D eigenvalue weighted by molar-refractivity contribution is -0.126. The SMILES string of the molecule is CC(C)CC(CO)NC(=O)C(CN)CC(C)(C)C. The number of carbonyl (C=O) groups is 1. The summed E-state index contributed by atoms with van der Waals surface area (Å²) in [4.78, 5) is 12.1. The van der Waals surface area contributed by atoms with Crippen LogP contribution in [-0.4, -0.2) is 30.2 Å². The molecule has 0 heterocycles. The summed E-state index contributed by atoms with van der Waals surface area (Å²) in [6.45, 7) is 10.8. The molecule has 0 radical (unpaired) electrons. The average molecular weight is 258 g/mol. The van der Waals surface area contributed by atoms with E-state index in [1.165, 1.54) is 0 Å². The van der Waals surface area contributed by atoms with E-state index in [0.717, 1.165) is 12.8 Å². The molecule has 0 aliphatic rings. The highest BCUT2D eigenvalue weighted by Gasteiger charge is 2.25. The maximum absolute atomic E-state index is 12.1. The van der Waals surface area contributed by atoms with Crippen molar-refractivity contribution in [2.24, 2.45) is 23.0 Å². The number of carbonyl (C=O) groups excluding carboxylic acids is 1. The van der Waals surface area contributed by atoms with Crippen molar-refractivity contribution < 1.29 is 9.90 Å². The van der Waals surface area contributed by atoms with E-state index in [1.54, 1.807) is 0 Å². The molecule has 18 heavy (non-hydrogen) atoms. The summed E-state index contributed by atoms with van der Waals surface area (Å²) in [7, 11) is 0. The van der Waals surface area contributed by atoms with Crippen LogP contribution in [0.2, 0.25) is 0 Å². The number of amides is 1. The van der Waals surface area contributed by atoms with E-state index in [0.29, 0.717) is 12.5 Å². The van der Waals surface area contributed by atoms with Gasteiger partial charge in [0, 0.05) is 6.54 Å². The van der Waals surface area contributed by atoms with Gasteiger partial charge in [-0.1, -0.05) is 34.6 Å². The summed E-state index contributed by atoms with van der Waals surface area (Å²) in [6.07, 6.45) is 1.55. The predicted octanol–water partition coefficient (Wildman–Crippen LogP) is 1.52. The third-order valence-corrected chi connectivity index (χ3v) is 2.84. The van der Waals surface area contributed by atoms with Crippen molar-refractivity contribution in [2.45, 2.75) is 53.5 Å². The Hall–Kier alpha value is -0.610. The van der Waals surface area contributed by atoms with Crippen LogP contribution in [0.15, 0.2) is 0 Å². The van der Waals surface area contributed by atoms with E-state index in [9.17, 15) is 9.90 Å². The molecule has 4 nitrogen and oxygen atoms in total. The summed E-state index contributed by atoms with van der Waals surface area (Å²) in [5.74, 6) is 0.236. The lowest BCUT2D eigenvalue weighted by Gasteiger charge is -2.26. The molecule has 0 spiro atoms. The topological polar surface area (TPSA) is 75.3 Å². The first-order valence-corrected chi connectivity index (χ1v) is 6.81. The van der Waals surface area contributed by atoms with Crippen molar-refractivity contribution in [2.75, 3.05) is 13.2 Å². The molecule has 2 unspecified atom stereocenters. The Morgan fingerprint density at radius 3 is 2.22 bits per heavy atom.